The van der Waals surface area contributed by atoms with E-state index in [9.17, 15) is 4.79 Å². The lowest BCUT2D eigenvalue weighted by Gasteiger charge is -2.06. The lowest BCUT2D eigenvalue weighted by atomic mass is 10.00. The minimum absolute atomic E-state index is 0.219. The van der Waals surface area contributed by atoms with Crippen molar-refractivity contribution in [2.45, 2.75) is 33.2 Å². The zero-order chi connectivity index (χ0) is 12.0. The van der Waals surface area contributed by atoms with Crippen LogP contribution >= 0.6 is 0 Å². The number of pyridine rings is 1. The molecule has 0 spiro atoms. The number of carbonyl (C=O) groups excluding carboxylic acids is 1. The van der Waals surface area contributed by atoms with Gasteiger partial charge in [0.1, 0.15) is 0 Å². The summed E-state index contributed by atoms with van der Waals surface area (Å²) in [5, 5.41) is 0. The Morgan fingerprint density at radius 2 is 2.31 bits per heavy atom. The number of hydrogen-bond acceptors (Lipinski definition) is 1. The molecule has 0 aliphatic carbocycles. The van der Waals surface area contributed by atoms with E-state index in [1.54, 1.807) is 6.08 Å². The smallest absolute Gasteiger partial charge is 0.248 e. The maximum absolute atomic E-state index is 12.1. The van der Waals surface area contributed by atoms with Gasteiger partial charge in [-0.1, -0.05) is 26.8 Å². The highest BCUT2D eigenvalue weighted by Crippen LogP contribution is 2.10. The Kier molecular flexibility index (Phi) is 4.90. The molecule has 1 rings (SSSR count). The minimum atomic E-state index is 0.219. The number of aromatic nitrogens is 1. The fourth-order valence-corrected chi connectivity index (χ4v) is 1.59. The third-order valence-electron chi connectivity index (χ3n) is 2.78. The van der Waals surface area contributed by atoms with Gasteiger partial charge in [-0.2, -0.15) is 4.57 Å². The normalized spacial score (nSPS) is 12.1. The van der Waals surface area contributed by atoms with Crippen LogP contribution in [0.3, 0.4) is 0 Å². The molecule has 0 N–H and O–H groups in total. The highest BCUT2D eigenvalue weighted by atomic mass is 16.1. The SMILES string of the molecule is C=CC[n+]1ccccc1C(=O)CC(C)CC. The molecule has 1 aromatic rings. The van der Waals surface area contributed by atoms with Gasteiger partial charge in [-0.3, -0.25) is 4.79 Å². The van der Waals surface area contributed by atoms with Crippen LogP contribution in [0.2, 0.25) is 0 Å². The van der Waals surface area contributed by atoms with Gasteiger partial charge in [-0.05, 0) is 18.1 Å². The number of carbonyl (C=O) groups is 1. The number of Topliss-reactive ketones (excluding diaryl/α,β-unsaturated/α-hetero) is 1. The Bertz CT molecular complexity index is 371. The first-order chi connectivity index (χ1) is 7.69. The zero-order valence-electron chi connectivity index (χ0n) is 10.1. The number of allylic oxidation sites excluding steroid dienone is 1. The first-order valence-corrected chi connectivity index (χ1v) is 5.81. The topological polar surface area (TPSA) is 20.9 Å². The molecule has 0 amide bonds. The van der Waals surface area contributed by atoms with Crippen LogP contribution in [0.15, 0.2) is 37.1 Å². The van der Waals surface area contributed by atoms with Gasteiger partial charge in [0.2, 0.25) is 11.5 Å². The molecule has 0 bridgehead atoms. The van der Waals surface area contributed by atoms with E-state index in [0.717, 1.165) is 12.1 Å². The summed E-state index contributed by atoms with van der Waals surface area (Å²) in [6.45, 7) is 8.61. The van der Waals surface area contributed by atoms with Crippen molar-refractivity contribution < 1.29 is 9.36 Å². The zero-order valence-corrected chi connectivity index (χ0v) is 10.1. The third-order valence-corrected chi connectivity index (χ3v) is 2.78. The monoisotopic (exact) mass is 218 g/mol. The van der Waals surface area contributed by atoms with Crippen molar-refractivity contribution in [2.75, 3.05) is 0 Å². The van der Waals surface area contributed by atoms with Gasteiger partial charge in [-0.15, -0.1) is 0 Å². The summed E-state index contributed by atoms with van der Waals surface area (Å²) < 4.78 is 1.94. The van der Waals surface area contributed by atoms with Crippen molar-refractivity contribution in [3.63, 3.8) is 0 Å². The predicted octanol–water partition coefficient (Wildman–Crippen LogP) is 2.78. The molecule has 86 valence electrons. The molecular weight excluding hydrogens is 198 g/mol. The van der Waals surface area contributed by atoms with Crippen molar-refractivity contribution in [1.82, 2.24) is 0 Å². The van der Waals surface area contributed by atoms with E-state index in [2.05, 4.69) is 20.4 Å². The fourth-order valence-electron chi connectivity index (χ4n) is 1.59. The van der Waals surface area contributed by atoms with Crippen LogP contribution in [-0.2, 0) is 6.54 Å². The van der Waals surface area contributed by atoms with Gasteiger partial charge in [0.15, 0.2) is 12.7 Å². The maximum atomic E-state index is 12.1. The Morgan fingerprint density at radius 1 is 1.56 bits per heavy atom. The highest BCUT2D eigenvalue weighted by molar-refractivity contribution is 5.92. The summed E-state index contributed by atoms with van der Waals surface area (Å²) >= 11 is 0. The number of hydrogen-bond donors (Lipinski definition) is 0. The number of rotatable bonds is 6. The van der Waals surface area contributed by atoms with Gasteiger partial charge in [0.25, 0.3) is 0 Å². The van der Waals surface area contributed by atoms with Crippen LogP contribution < -0.4 is 4.57 Å². The largest absolute Gasteiger partial charge is 0.287 e. The fraction of sp³-hybridized carbons (Fsp3) is 0.429. The van der Waals surface area contributed by atoms with Gasteiger partial charge in [0, 0.05) is 18.6 Å². The Balaban J connectivity index is 2.85. The lowest BCUT2D eigenvalue weighted by Crippen LogP contribution is -2.39. The molecule has 1 unspecified atom stereocenters. The van der Waals surface area contributed by atoms with Crippen LogP contribution in [-0.4, -0.2) is 5.78 Å². The van der Waals surface area contributed by atoms with Crippen LogP contribution in [0.25, 0.3) is 0 Å². The molecule has 0 aliphatic heterocycles. The average Bonchev–Trinajstić information content (AvgIpc) is 2.30. The highest BCUT2D eigenvalue weighted by Gasteiger charge is 2.18. The van der Waals surface area contributed by atoms with Crippen LogP contribution in [0, 0.1) is 5.92 Å². The Morgan fingerprint density at radius 3 is 2.94 bits per heavy atom. The van der Waals surface area contributed by atoms with Gasteiger partial charge in [0.05, 0.1) is 0 Å². The summed E-state index contributed by atoms with van der Waals surface area (Å²) in [5.74, 6) is 0.668. The van der Waals surface area contributed by atoms with Gasteiger partial charge >= 0.3 is 0 Å². The summed E-state index contributed by atoms with van der Waals surface area (Å²) in [5.41, 5.74) is 0.780. The lowest BCUT2D eigenvalue weighted by molar-refractivity contribution is -0.688. The second-order valence-electron chi connectivity index (χ2n) is 4.17. The van der Waals surface area contributed by atoms with Crippen LogP contribution in [0.5, 0.6) is 0 Å². The summed E-state index contributed by atoms with van der Waals surface area (Å²) in [4.78, 5) is 12.1. The Labute approximate surface area is 97.6 Å². The molecule has 0 radical (unpaired) electrons. The van der Waals surface area contributed by atoms with Crippen molar-refractivity contribution in [3.8, 4) is 0 Å². The average molecular weight is 218 g/mol. The molecule has 0 saturated carbocycles. The molecule has 0 fully saturated rings. The molecule has 16 heavy (non-hydrogen) atoms. The van der Waals surface area contributed by atoms with Gasteiger partial charge < -0.3 is 0 Å². The maximum Gasteiger partial charge on any atom is 0.248 e. The molecule has 0 saturated heterocycles. The molecule has 0 aromatic carbocycles. The number of nitrogens with zero attached hydrogens (tertiary/aromatic N) is 1. The summed E-state index contributed by atoms with van der Waals surface area (Å²) in [7, 11) is 0. The molecular formula is C14H20NO+. The Hall–Kier alpha value is -1.44. The summed E-state index contributed by atoms with van der Waals surface area (Å²) in [6.07, 6.45) is 5.39. The van der Waals surface area contributed by atoms with E-state index in [4.69, 9.17) is 0 Å². The van der Waals surface area contributed by atoms with E-state index in [1.165, 1.54) is 0 Å². The van der Waals surface area contributed by atoms with E-state index >= 15 is 0 Å². The molecule has 1 aromatic heterocycles. The van der Waals surface area contributed by atoms with E-state index in [-0.39, 0.29) is 5.78 Å². The van der Waals surface area contributed by atoms with Crippen molar-refractivity contribution in [1.29, 1.82) is 0 Å². The quantitative estimate of drug-likeness (QED) is 0.408. The second kappa shape index (κ2) is 6.21. The first-order valence-electron chi connectivity index (χ1n) is 5.81. The molecule has 1 atom stereocenters. The minimum Gasteiger partial charge on any atom is -0.287 e. The molecule has 0 aliphatic rings. The van der Waals surface area contributed by atoms with Crippen molar-refractivity contribution >= 4 is 5.78 Å². The van der Waals surface area contributed by atoms with Crippen LogP contribution in [0.1, 0.15) is 37.2 Å². The van der Waals surface area contributed by atoms with Crippen molar-refractivity contribution in [3.05, 3.63) is 42.7 Å². The third kappa shape index (κ3) is 3.30. The van der Waals surface area contributed by atoms with Crippen LogP contribution in [0.4, 0.5) is 0 Å². The van der Waals surface area contributed by atoms with Crippen molar-refractivity contribution in [2.24, 2.45) is 5.92 Å². The first kappa shape index (κ1) is 12.6. The predicted molar refractivity (Wildman–Crippen MR) is 65.2 cm³/mol. The molecule has 2 nitrogen and oxygen atoms in total. The van der Waals surface area contributed by atoms with Gasteiger partial charge in [-0.25, -0.2) is 0 Å². The summed E-state index contributed by atoms with van der Waals surface area (Å²) in [6, 6.07) is 5.72. The second-order valence-corrected chi connectivity index (χ2v) is 4.17. The standard InChI is InChI=1S/C14H20NO/c1-4-9-15-10-7-6-8-13(15)14(16)11-12(3)5-2/h4,6-8,10,12H,1,5,9,11H2,2-3H3/q+1. The molecule has 1 heterocycles. The van der Waals surface area contributed by atoms with E-state index < -0.39 is 0 Å². The van der Waals surface area contributed by atoms with E-state index in [0.29, 0.717) is 18.9 Å². The van der Waals surface area contributed by atoms with E-state index in [1.807, 2.05) is 29.0 Å². The molecule has 2 heteroatoms. The number of ketones is 1.